The highest BCUT2D eigenvalue weighted by atomic mass is 16.5. The molecule has 0 aliphatic rings. The van der Waals surface area contributed by atoms with E-state index in [0.29, 0.717) is 11.3 Å². The fraction of sp³-hybridized carbons (Fsp3) is 0.0667. The lowest BCUT2D eigenvalue weighted by Crippen LogP contribution is -2.09. The lowest BCUT2D eigenvalue weighted by molar-refractivity contribution is 0.0474. The van der Waals surface area contributed by atoms with E-state index in [1.165, 1.54) is 0 Å². The maximum absolute atomic E-state index is 11.9. The number of ether oxygens (including phenoxy) is 1. The molecule has 0 saturated heterocycles. The summed E-state index contributed by atoms with van der Waals surface area (Å²) in [4.78, 5) is 22.3. The van der Waals surface area contributed by atoms with Gasteiger partial charge in [0, 0.05) is 0 Å². The first-order chi connectivity index (χ1) is 9.31. The highest BCUT2D eigenvalue weighted by Crippen LogP contribution is 2.16. The number of anilines is 1. The number of amides is 1. The molecular formula is C15H12NO3. The van der Waals surface area contributed by atoms with Crippen LogP contribution < -0.4 is 5.32 Å². The molecule has 95 valence electrons. The average molecular weight is 254 g/mol. The van der Waals surface area contributed by atoms with Crippen molar-refractivity contribution in [1.82, 2.24) is 0 Å². The van der Waals surface area contributed by atoms with Gasteiger partial charge in [0.25, 0.3) is 0 Å². The third kappa shape index (κ3) is 3.42. The van der Waals surface area contributed by atoms with E-state index < -0.39 is 5.97 Å². The van der Waals surface area contributed by atoms with Crippen molar-refractivity contribution < 1.29 is 14.3 Å². The first-order valence-electron chi connectivity index (χ1n) is 5.74. The summed E-state index contributed by atoms with van der Waals surface area (Å²) in [6.45, 7) is 0.193. The first-order valence-corrected chi connectivity index (χ1v) is 5.74. The molecule has 0 heterocycles. The van der Waals surface area contributed by atoms with E-state index in [4.69, 9.17) is 4.74 Å². The van der Waals surface area contributed by atoms with Crippen LogP contribution in [0.15, 0.2) is 54.6 Å². The van der Waals surface area contributed by atoms with E-state index in [1.54, 1.807) is 30.7 Å². The summed E-state index contributed by atoms with van der Waals surface area (Å²) < 4.78 is 5.19. The fourth-order valence-electron chi connectivity index (χ4n) is 1.63. The van der Waals surface area contributed by atoms with Crippen LogP contribution in [0.4, 0.5) is 5.69 Å². The van der Waals surface area contributed by atoms with Crippen molar-refractivity contribution in [2.24, 2.45) is 0 Å². The van der Waals surface area contributed by atoms with Crippen LogP contribution in [-0.2, 0) is 16.1 Å². The summed E-state index contributed by atoms with van der Waals surface area (Å²) in [5.41, 5.74) is 1.60. The van der Waals surface area contributed by atoms with Gasteiger partial charge in [-0.1, -0.05) is 42.5 Å². The van der Waals surface area contributed by atoms with Crippen molar-refractivity contribution in [3.63, 3.8) is 0 Å². The predicted molar refractivity (Wildman–Crippen MR) is 71.3 cm³/mol. The summed E-state index contributed by atoms with van der Waals surface area (Å²) in [5.74, 6) is -0.484. The van der Waals surface area contributed by atoms with Crippen molar-refractivity contribution in [1.29, 1.82) is 0 Å². The Morgan fingerprint density at radius 1 is 1.05 bits per heavy atom. The van der Waals surface area contributed by atoms with Crippen molar-refractivity contribution in [3.05, 3.63) is 65.7 Å². The zero-order valence-corrected chi connectivity index (χ0v) is 10.1. The number of hydrogen-bond acceptors (Lipinski definition) is 3. The number of benzene rings is 2. The van der Waals surface area contributed by atoms with Gasteiger partial charge in [-0.3, -0.25) is 4.79 Å². The van der Waals surface area contributed by atoms with E-state index in [9.17, 15) is 9.59 Å². The molecule has 4 heteroatoms. The molecule has 19 heavy (non-hydrogen) atoms. The lowest BCUT2D eigenvalue weighted by atomic mass is 10.2. The second-order valence-corrected chi connectivity index (χ2v) is 3.83. The topological polar surface area (TPSA) is 55.4 Å². The average Bonchev–Trinajstić information content (AvgIpc) is 2.47. The number of hydrogen-bond donors (Lipinski definition) is 1. The Hall–Kier alpha value is -2.62. The van der Waals surface area contributed by atoms with Crippen LogP contribution in [0.3, 0.4) is 0 Å². The Balaban J connectivity index is 2.06. The van der Waals surface area contributed by atoms with Crippen LogP contribution >= 0.6 is 0 Å². The number of esters is 1. The van der Waals surface area contributed by atoms with Gasteiger partial charge >= 0.3 is 12.4 Å². The van der Waals surface area contributed by atoms with Crippen molar-refractivity contribution in [3.8, 4) is 0 Å². The minimum atomic E-state index is -0.484. The molecule has 1 amide bonds. The third-order valence-electron chi connectivity index (χ3n) is 2.55. The number of carbonyl (C=O) groups is 1. The SMILES string of the molecule is O=[C]Nc1ccccc1C(=O)OCc1ccccc1. The Labute approximate surface area is 111 Å². The molecular weight excluding hydrogens is 242 g/mol. The molecule has 0 aromatic heterocycles. The van der Waals surface area contributed by atoms with E-state index in [1.807, 2.05) is 30.3 Å². The molecule has 0 aliphatic carbocycles. The van der Waals surface area contributed by atoms with Gasteiger partial charge in [-0.25, -0.2) is 4.79 Å². The van der Waals surface area contributed by atoms with Crippen LogP contribution in [0.2, 0.25) is 0 Å². The zero-order valence-electron chi connectivity index (χ0n) is 10.1. The smallest absolute Gasteiger partial charge is 0.340 e. The van der Waals surface area contributed by atoms with Gasteiger partial charge in [0.05, 0.1) is 11.3 Å². The predicted octanol–water partition coefficient (Wildman–Crippen LogP) is 2.52. The quantitative estimate of drug-likeness (QED) is 0.659. The summed E-state index contributed by atoms with van der Waals surface area (Å²) in [6.07, 6.45) is 1.55. The van der Waals surface area contributed by atoms with E-state index in [0.717, 1.165) is 5.56 Å². The molecule has 0 atom stereocenters. The number of rotatable bonds is 5. The Bertz CT molecular complexity index is 567. The molecule has 0 bridgehead atoms. The third-order valence-corrected chi connectivity index (χ3v) is 2.55. The Kier molecular flexibility index (Phi) is 4.29. The second-order valence-electron chi connectivity index (χ2n) is 3.83. The number of para-hydroxylation sites is 1. The zero-order chi connectivity index (χ0) is 13.5. The van der Waals surface area contributed by atoms with Gasteiger partial charge in [-0.2, -0.15) is 0 Å². The standard InChI is InChI=1S/C15H12NO3/c17-11-16-14-9-5-4-8-13(14)15(18)19-10-12-6-2-1-3-7-12/h1-9H,10H2,(H,16,17). The lowest BCUT2D eigenvalue weighted by Gasteiger charge is -2.08. The maximum atomic E-state index is 11.9. The monoisotopic (exact) mass is 254 g/mol. The first kappa shape index (κ1) is 12.8. The Morgan fingerprint density at radius 3 is 2.47 bits per heavy atom. The highest BCUT2D eigenvalue weighted by Gasteiger charge is 2.12. The van der Waals surface area contributed by atoms with Crippen LogP contribution in [0, 0.1) is 0 Å². The number of carbonyl (C=O) groups excluding carboxylic acids is 2. The molecule has 2 aromatic carbocycles. The van der Waals surface area contributed by atoms with Gasteiger partial charge in [0.2, 0.25) is 0 Å². The summed E-state index contributed by atoms with van der Waals surface area (Å²) >= 11 is 0. The molecule has 0 saturated carbocycles. The van der Waals surface area contributed by atoms with E-state index in [-0.39, 0.29) is 6.61 Å². The molecule has 0 fully saturated rings. The molecule has 1 radical (unpaired) electrons. The largest absolute Gasteiger partial charge is 0.457 e. The molecule has 2 rings (SSSR count). The van der Waals surface area contributed by atoms with Crippen molar-refractivity contribution >= 4 is 18.1 Å². The van der Waals surface area contributed by atoms with Crippen molar-refractivity contribution in [2.75, 3.05) is 5.32 Å². The second kappa shape index (κ2) is 6.35. The Morgan fingerprint density at radius 2 is 1.74 bits per heavy atom. The molecule has 2 aromatic rings. The molecule has 4 nitrogen and oxygen atoms in total. The van der Waals surface area contributed by atoms with Gasteiger partial charge in [-0.15, -0.1) is 0 Å². The van der Waals surface area contributed by atoms with Crippen LogP contribution in [0.25, 0.3) is 0 Å². The minimum Gasteiger partial charge on any atom is -0.457 e. The van der Waals surface area contributed by atoms with Crippen LogP contribution in [0.5, 0.6) is 0 Å². The minimum absolute atomic E-state index is 0.193. The van der Waals surface area contributed by atoms with Gasteiger partial charge in [0.15, 0.2) is 0 Å². The van der Waals surface area contributed by atoms with Gasteiger partial charge < -0.3 is 10.1 Å². The summed E-state index contributed by atoms with van der Waals surface area (Å²) in [7, 11) is 0. The fourth-order valence-corrected chi connectivity index (χ4v) is 1.63. The maximum Gasteiger partial charge on any atom is 0.340 e. The van der Waals surface area contributed by atoms with Crippen molar-refractivity contribution in [2.45, 2.75) is 6.61 Å². The summed E-state index contributed by atoms with van der Waals surface area (Å²) in [6, 6.07) is 16.0. The van der Waals surface area contributed by atoms with Crippen LogP contribution in [0.1, 0.15) is 15.9 Å². The molecule has 0 aliphatic heterocycles. The van der Waals surface area contributed by atoms with Gasteiger partial charge in [0.1, 0.15) is 6.61 Å². The van der Waals surface area contributed by atoms with Gasteiger partial charge in [-0.05, 0) is 17.7 Å². The summed E-state index contributed by atoms with van der Waals surface area (Å²) in [5, 5.41) is 2.35. The van der Waals surface area contributed by atoms with E-state index in [2.05, 4.69) is 5.32 Å². The van der Waals surface area contributed by atoms with Crippen LogP contribution in [-0.4, -0.2) is 12.4 Å². The molecule has 1 N–H and O–H groups in total. The molecule has 0 unspecified atom stereocenters. The number of nitrogens with one attached hydrogen (secondary N) is 1. The molecule has 0 spiro atoms. The highest BCUT2D eigenvalue weighted by molar-refractivity contribution is 5.97. The van der Waals surface area contributed by atoms with E-state index >= 15 is 0 Å². The normalized spacial score (nSPS) is 9.68.